The Morgan fingerprint density at radius 2 is 2.33 bits per heavy atom. The minimum Gasteiger partial charge on any atom is -0.360 e. The Balaban J connectivity index is 2.23. The van der Waals surface area contributed by atoms with Crippen LogP contribution in [0.3, 0.4) is 0 Å². The molecular weight excluding hydrogens is 252 g/mol. The van der Waals surface area contributed by atoms with E-state index in [2.05, 4.69) is 21.6 Å². The fourth-order valence-electron chi connectivity index (χ4n) is 1.40. The SMILES string of the molecule is CCCNc1nc(-c2cccc([N+](=O)[O-])c2)ns1. The number of benzene rings is 1. The van der Waals surface area contributed by atoms with Gasteiger partial charge >= 0.3 is 0 Å². The lowest BCUT2D eigenvalue weighted by Crippen LogP contribution is -1.98. The number of nitrogens with zero attached hydrogens (tertiary/aromatic N) is 3. The number of hydrogen-bond donors (Lipinski definition) is 1. The summed E-state index contributed by atoms with van der Waals surface area (Å²) in [5, 5.41) is 14.6. The molecule has 2 rings (SSSR count). The first-order chi connectivity index (χ1) is 8.70. The lowest BCUT2D eigenvalue weighted by atomic mass is 10.2. The number of nitro groups is 1. The van der Waals surface area contributed by atoms with E-state index in [0.29, 0.717) is 11.4 Å². The van der Waals surface area contributed by atoms with E-state index in [0.717, 1.165) is 18.1 Å². The first-order valence-corrected chi connectivity index (χ1v) is 6.30. The largest absolute Gasteiger partial charge is 0.360 e. The monoisotopic (exact) mass is 264 g/mol. The van der Waals surface area contributed by atoms with E-state index < -0.39 is 4.92 Å². The summed E-state index contributed by atoms with van der Waals surface area (Å²) in [5.41, 5.74) is 0.704. The van der Waals surface area contributed by atoms with E-state index in [9.17, 15) is 10.1 Å². The van der Waals surface area contributed by atoms with Crippen molar-refractivity contribution in [1.29, 1.82) is 0 Å². The fraction of sp³-hybridized carbons (Fsp3) is 0.273. The summed E-state index contributed by atoms with van der Waals surface area (Å²) in [5.74, 6) is 0.516. The Labute approximate surface area is 108 Å². The lowest BCUT2D eigenvalue weighted by Gasteiger charge is -1.97. The predicted molar refractivity (Wildman–Crippen MR) is 70.8 cm³/mol. The third-order valence-corrected chi connectivity index (χ3v) is 2.94. The van der Waals surface area contributed by atoms with Crippen LogP contribution in [-0.2, 0) is 0 Å². The number of rotatable bonds is 5. The maximum Gasteiger partial charge on any atom is 0.270 e. The highest BCUT2D eigenvalue weighted by atomic mass is 32.1. The van der Waals surface area contributed by atoms with Crippen molar-refractivity contribution in [3.8, 4) is 11.4 Å². The smallest absolute Gasteiger partial charge is 0.270 e. The second-order valence-corrected chi connectivity index (χ2v) is 4.41. The molecule has 1 N–H and O–H groups in total. The van der Waals surface area contributed by atoms with Crippen molar-refractivity contribution in [3.05, 3.63) is 34.4 Å². The molecule has 0 aliphatic heterocycles. The predicted octanol–water partition coefficient (Wildman–Crippen LogP) is 2.94. The number of aromatic nitrogens is 2. The highest BCUT2D eigenvalue weighted by Crippen LogP contribution is 2.24. The minimum absolute atomic E-state index is 0.0466. The van der Waals surface area contributed by atoms with Crippen LogP contribution in [0, 0.1) is 10.1 Å². The number of anilines is 1. The zero-order valence-electron chi connectivity index (χ0n) is 9.79. The van der Waals surface area contributed by atoms with Crippen molar-refractivity contribution in [2.24, 2.45) is 0 Å². The van der Waals surface area contributed by atoms with Crippen molar-refractivity contribution in [2.75, 3.05) is 11.9 Å². The van der Waals surface area contributed by atoms with Crippen molar-refractivity contribution in [3.63, 3.8) is 0 Å². The normalized spacial score (nSPS) is 10.3. The van der Waals surface area contributed by atoms with Gasteiger partial charge in [-0.1, -0.05) is 19.1 Å². The van der Waals surface area contributed by atoms with Gasteiger partial charge in [0.2, 0.25) is 5.13 Å². The maximum atomic E-state index is 10.7. The summed E-state index contributed by atoms with van der Waals surface area (Å²) in [6.07, 6.45) is 1.01. The first-order valence-electron chi connectivity index (χ1n) is 5.53. The van der Waals surface area contributed by atoms with E-state index in [4.69, 9.17) is 0 Å². The Bertz CT molecular complexity index is 555. The number of hydrogen-bond acceptors (Lipinski definition) is 6. The molecule has 1 aromatic heterocycles. The average molecular weight is 264 g/mol. The van der Waals surface area contributed by atoms with Crippen LogP contribution in [-0.4, -0.2) is 20.8 Å². The van der Waals surface area contributed by atoms with Gasteiger partial charge in [-0.2, -0.15) is 9.36 Å². The summed E-state index contributed by atoms with van der Waals surface area (Å²) < 4.78 is 4.19. The summed E-state index contributed by atoms with van der Waals surface area (Å²) in [6.45, 7) is 2.90. The Hall–Kier alpha value is -2.02. The van der Waals surface area contributed by atoms with Crippen LogP contribution >= 0.6 is 11.5 Å². The molecule has 1 heterocycles. The van der Waals surface area contributed by atoms with Gasteiger partial charge in [0.05, 0.1) is 4.92 Å². The van der Waals surface area contributed by atoms with Gasteiger partial charge in [0.25, 0.3) is 5.69 Å². The highest BCUT2D eigenvalue weighted by Gasteiger charge is 2.10. The zero-order valence-corrected chi connectivity index (χ0v) is 10.6. The molecule has 0 aliphatic carbocycles. The third-order valence-electron chi connectivity index (χ3n) is 2.27. The van der Waals surface area contributed by atoms with Gasteiger partial charge in [-0.05, 0) is 6.42 Å². The van der Waals surface area contributed by atoms with E-state index in [-0.39, 0.29) is 5.69 Å². The minimum atomic E-state index is -0.424. The van der Waals surface area contributed by atoms with Gasteiger partial charge in [0, 0.05) is 35.8 Å². The lowest BCUT2D eigenvalue weighted by molar-refractivity contribution is -0.384. The third kappa shape index (κ3) is 2.80. The summed E-state index contributed by atoms with van der Waals surface area (Å²) in [4.78, 5) is 14.6. The molecule has 0 atom stereocenters. The molecule has 0 saturated carbocycles. The van der Waals surface area contributed by atoms with Crippen LogP contribution in [0.2, 0.25) is 0 Å². The fourth-order valence-corrected chi connectivity index (χ4v) is 2.02. The van der Waals surface area contributed by atoms with Crippen molar-refractivity contribution < 1.29 is 4.92 Å². The number of nitro benzene ring substituents is 1. The van der Waals surface area contributed by atoms with Gasteiger partial charge in [-0.3, -0.25) is 10.1 Å². The molecule has 2 aromatic rings. The number of non-ortho nitro benzene ring substituents is 1. The van der Waals surface area contributed by atoms with Crippen LogP contribution in [0.4, 0.5) is 10.8 Å². The van der Waals surface area contributed by atoms with Gasteiger partial charge in [0.1, 0.15) is 0 Å². The zero-order chi connectivity index (χ0) is 13.0. The van der Waals surface area contributed by atoms with Gasteiger partial charge < -0.3 is 5.32 Å². The quantitative estimate of drug-likeness (QED) is 0.663. The summed E-state index contributed by atoms with van der Waals surface area (Å²) in [6, 6.07) is 6.32. The molecule has 0 unspecified atom stereocenters. The maximum absolute atomic E-state index is 10.7. The van der Waals surface area contributed by atoms with Crippen molar-refractivity contribution >= 4 is 22.4 Å². The van der Waals surface area contributed by atoms with E-state index in [1.165, 1.54) is 23.7 Å². The molecule has 1 aromatic carbocycles. The van der Waals surface area contributed by atoms with Crippen LogP contribution in [0.15, 0.2) is 24.3 Å². The van der Waals surface area contributed by atoms with E-state index >= 15 is 0 Å². The standard InChI is InChI=1S/C11H12N4O2S/c1-2-6-12-11-13-10(14-18-11)8-4-3-5-9(7-8)15(16)17/h3-5,7H,2,6H2,1H3,(H,12,13,14). The van der Waals surface area contributed by atoms with Crippen molar-refractivity contribution in [1.82, 2.24) is 9.36 Å². The number of nitrogens with one attached hydrogen (secondary N) is 1. The van der Waals surface area contributed by atoms with E-state index in [1.807, 2.05) is 0 Å². The molecule has 7 heteroatoms. The molecule has 6 nitrogen and oxygen atoms in total. The topological polar surface area (TPSA) is 81.0 Å². The van der Waals surface area contributed by atoms with Crippen LogP contribution in [0.25, 0.3) is 11.4 Å². The summed E-state index contributed by atoms with van der Waals surface area (Å²) in [7, 11) is 0. The molecular formula is C11H12N4O2S. The van der Waals surface area contributed by atoms with Crippen LogP contribution < -0.4 is 5.32 Å². The second kappa shape index (κ2) is 5.54. The molecule has 0 saturated heterocycles. The molecule has 0 bridgehead atoms. The van der Waals surface area contributed by atoms with Crippen LogP contribution in [0.5, 0.6) is 0 Å². The summed E-state index contributed by atoms with van der Waals surface area (Å²) >= 11 is 1.26. The van der Waals surface area contributed by atoms with Gasteiger partial charge in [-0.25, -0.2) is 0 Å². The molecule has 0 amide bonds. The van der Waals surface area contributed by atoms with Gasteiger partial charge in [-0.15, -0.1) is 0 Å². The first kappa shape index (κ1) is 12.4. The molecule has 18 heavy (non-hydrogen) atoms. The van der Waals surface area contributed by atoms with E-state index in [1.54, 1.807) is 12.1 Å². The van der Waals surface area contributed by atoms with Gasteiger partial charge in [0.15, 0.2) is 5.82 Å². The van der Waals surface area contributed by atoms with Crippen LogP contribution in [0.1, 0.15) is 13.3 Å². The Morgan fingerprint density at radius 1 is 1.50 bits per heavy atom. The Kier molecular flexibility index (Phi) is 3.83. The molecule has 0 radical (unpaired) electrons. The molecule has 94 valence electrons. The van der Waals surface area contributed by atoms with Crippen molar-refractivity contribution in [2.45, 2.75) is 13.3 Å². The average Bonchev–Trinajstić information content (AvgIpc) is 2.85. The molecule has 0 aliphatic rings. The highest BCUT2D eigenvalue weighted by molar-refractivity contribution is 7.09. The molecule has 0 fully saturated rings. The second-order valence-electron chi connectivity index (χ2n) is 3.66. The molecule has 0 spiro atoms. The Morgan fingerprint density at radius 3 is 3.06 bits per heavy atom.